The number of carbonyl (C=O) groups excluding carboxylic acids is 2. The fourth-order valence-corrected chi connectivity index (χ4v) is 5.82. The standard InChI is InChI=1S/C31H32N4O3/c1-21-7-10-28(30(36)33-21)35-20-25-18-24(8-9-27(25)31(35)37)23-12-15-34(16-13-23)19-22-11-14-32-29(17-22)38-26-5-3-2-4-6-26/h2-6,8-9,11,14,17-18,23,28H,1,7,10,12-13,15-16,19-20H2,(H,33,36). The van der Waals surface area contributed by atoms with Gasteiger partial charge in [0.1, 0.15) is 11.8 Å². The molecule has 1 aromatic heterocycles. The Balaban J connectivity index is 1.06. The molecule has 0 radical (unpaired) electrons. The highest BCUT2D eigenvalue weighted by Gasteiger charge is 2.38. The number of aromatic nitrogens is 1. The van der Waals surface area contributed by atoms with E-state index >= 15 is 0 Å². The van der Waals surface area contributed by atoms with Crippen molar-refractivity contribution in [2.45, 2.75) is 50.7 Å². The molecule has 1 unspecified atom stereocenters. The fourth-order valence-electron chi connectivity index (χ4n) is 5.82. The zero-order chi connectivity index (χ0) is 26.1. The summed E-state index contributed by atoms with van der Waals surface area (Å²) in [6.45, 7) is 7.23. The van der Waals surface area contributed by atoms with Crippen molar-refractivity contribution in [2.24, 2.45) is 0 Å². The fraction of sp³-hybridized carbons (Fsp3) is 0.323. The number of allylic oxidation sites excluding steroid dienone is 1. The first-order valence-corrected chi connectivity index (χ1v) is 13.4. The van der Waals surface area contributed by atoms with Crippen LogP contribution in [0.25, 0.3) is 0 Å². The molecule has 4 heterocycles. The molecule has 0 aliphatic carbocycles. The van der Waals surface area contributed by atoms with Crippen molar-refractivity contribution < 1.29 is 14.3 Å². The van der Waals surface area contributed by atoms with Crippen LogP contribution in [-0.2, 0) is 17.9 Å². The van der Waals surface area contributed by atoms with Gasteiger partial charge < -0.3 is 15.0 Å². The lowest BCUT2D eigenvalue weighted by Crippen LogP contribution is -2.49. The molecule has 6 rings (SSSR count). The molecular formula is C31H32N4O3. The number of benzene rings is 2. The first-order valence-electron chi connectivity index (χ1n) is 13.4. The Morgan fingerprint density at radius 3 is 2.61 bits per heavy atom. The summed E-state index contributed by atoms with van der Waals surface area (Å²) in [5.74, 6) is 1.70. The topological polar surface area (TPSA) is 74.8 Å². The second-order valence-electron chi connectivity index (χ2n) is 10.5. The molecule has 3 aliphatic rings. The maximum absolute atomic E-state index is 13.1. The van der Waals surface area contributed by atoms with Crippen LogP contribution in [0.4, 0.5) is 0 Å². The molecule has 0 saturated carbocycles. The summed E-state index contributed by atoms with van der Waals surface area (Å²) in [4.78, 5) is 34.1. The van der Waals surface area contributed by atoms with E-state index in [1.165, 1.54) is 11.1 Å². The summed E-state index contributed by atoms with van der Waals surface area (Å²) in [5, 5.41) is 2.81. The smallest absolute Gasteiger partial charge is 0.255 e. The normalized spacial score (nSPS) is 20.4. The number of hydrogen-bond donors (Lipinski definition) is 1. The number of hydrogen-bond acceptors (Lipinski definition) is 5. The Morgan fingerprint density at radius 1 is 1.00 bits per heavy atom. The number of pyridine rings is 1. The number of fused-ring (bicyclic) bond motifs is 1. The molecule has 0 spiro atoms. The first-order chi connectivity index (χ1) is 18.5. The average molecular weight is 509 g/mol. The summed E-state index contributed by atoms with van der Waals surface area (Å²) in [6.07, 6.45) is 5.29. The maximum atomic E-state index is 13.1. The van der Waals surface area contributed by atoms with E-state index in [9.17, 15) is 9.59 Å². The van der Waals surface area contributed by atoms with Crippen LogP contribution in [-0.4, -0.2) is 45.7 Å². The number of piperidine rings is 2. The van der Waals surface area contributed by atoms with E-state index in [4.69, 9.17) is 4.74 Å². The van der Waals surface area contributed by atoms with Crippen molar-refractivity contribution in [2.75, 3.05) is 13.1 Å². The van der Waals surface area contributed by atoms with Crippen molar-refractivity contribution >= 4 is 11.8 Å². The van der Waals surface area contributed by atoms with Crippen LogP contribution in [0.2, 0.25) is 0 Å². The van der Waals surface area contributed by atoms with E-state index in [0.717, 1.165) is 55.0 Å². The second kappa shape index (κ2) is 10.4. The van der Waals surface area contributed by atoms with Crippen LogP contribution in [0.3, 0.4) is 0 Å². The van der Waals surface area contributed by atoms with Gasteiger partial charge in [0, 0.05) is 36.6 Å². The number of amides is 2. The minimum absolute atomic E-state index is 0.0398. The van der Waals surface area contributed by atoms with E-state index in [-0.39, 0.29) is 11.8 Å². The number of likely N-dealkylation sites (tertiary alicyclic amines) is 1. The van der Waals surface area contributed by atoms with Crippen molar-refractivity contribution in [3.05, 3.63) is 101 Å². The number of nitrogens with one attached hydrogen (secondary N) is 1. The summed E-state index contributed by atoms with van der Waals surface area (Å²) in [7, 11) is 0. The van der Waals surface area contributed by atoms with E-state index in [0.29, 0.717) is 31.2 Å². The Bertz CT molecular complexity index is 1360. The molecule has 1 N–H and O–H groups in total. The largest absolute Gasteiger partial charge is 0.439 e. The van der Waals surface area contributed by atoms with Crippen molar-refractivity contribution in [1.82, 2.24) is 20.1 Å². The number of carbonyl (C=O) groups is 2. The molecule has 2 amide bonds. The Kier molecular flexibility index (Phi) is 6.68. The zero-order valence-corrected chi connectivity index (χ0v) is 21.4. The van der Waals surface area contributed by atoms with Gasteiger partial charge in [-0.15, -0.1) is 0 Å². The molecule has 2 fully saturated rings. The van der Waals surface area contributed by atoms with Gasteiger partial charge in [0.2, 0.25) is 11.8 Å². The van der Waals surface area contributed by atoms with Gasteiger partial charge in [-0.05, 0) is 85.6 Å². The van der Waals surface area contributed by atoms with Crippen LogP contribution < -0.4 is 10.1 Å². The van der Waals surface area contributed by atoms with Crippen molar-refractivity contribution in [3.63, 3.8) is 0 Å². The Hall–Kier alpha value is -3.97. The third-order valence-corrected chi connectivity index (χ3v) is 7.89. The Labute approximate surface area is 223 Å². The third-order valence-electron chi connectivity index (χ3n) is 7.89. The van der Waals surface area contributed by atoms with Crippen molar-refractivity contribution in [1.29, 1.82) is 0 Å². The maximum Gasteiger partial charge on any atom is 0.255 e. The lowest BCUT2D eigenvalue weighted by molar-refractivity contribution is -0.126. The molecule has 7 nitrogen and oxygen atoms in total. The van der Waals surface area contributed by atoms with E-state index in [1.807, 2.05) is 48.7 Å². The predicted octanol–water partition coefficient (Wildman–Crippen LogP) is 5.00. The van der Waals surface area contributed by atoms with Gasteiger partial charge in [0.25, 0.3) is 5.91 Å². The molecule has 7 heteroatoms. The number of nitrogens with zero attached hydrogens (tertiary/aromatic N) is 3. The lowest BCUT2D eigenvalue weighted by atomic mass is 9.88. The van der Waals surface area contributed by atoms with Crippen molar-refractivity contribution in [3.8, 4) is 11.6 Å². The van der Waals surface area contributed by atoms with Gasteiger partial charge in [-0.25, -0.2) is 4.98 Å². The summed E-state index contributed by atoms with van der Waals surface area (Å²) in [6, 6.07) is 19.6. The lowest BCUT2D eigenvalue weighted by Gasteiger charge is -2.32. The summed E-state index contributed by atoms with van der Waals surface area (Å²) >= 11 is 0. The summed E-state index contributed by atoms with van der Waals surface area (Å²) < 4.78 is 5.90. The first kappa shape index (κ1) is 24.4. The monoisotopic (exact) mass is 508 g/mol. The molecule has 3 aromatic rings. The highest BCUT2D eigenvalue weighted by atomic mass is 16.5. The minimum Gasteiger partial charge on any atom is -0.439 e. The third kappa shape index (κ3) is 5.07. The molecule has 38 heavy (non-hydrogen) atoms. The second-order valence-corrected chi connectivity index (χ2v) is 10.5. The predicted molar refractivity (Wildman–Crippen MR) is 145 cm³/mol. The zero-order valence-electron chi connectivity index (χ0n) is 21.4. The van der Waals surface area contributed by atoms with Crippen LogP contribution in [0, 0.1) is 0 Å². The van der Waals surface area contributed by atoms with E-state index in [1.54, 1.807) is 4.90 Å². The van der Waals surface area contributed by atoms with Gasteiger partial charge in [-0.1, -0.05) is 36.9 Å². The highest BCUT2D eigenvalue weighted by molar-refractivity contribution is 6.01. The number of ether oxygens (including phenoxy) is 1. The van der Waals surface area contributed by atoms with Crippen LogP contribution >= 0.6 is 0 Å². The average Bonchev–Trinajstić information content (AvgIpc) is 3.25. The number of rotatable bonds is 6. The van der Waals surface area contributed by atoms with Gasteiger partial charge in [-0.2, -0.15) is 0 Å². The van der Waals surface area contributed by atoms with Gasteiger partial charge in [0.05, 0.1) is 0 Å². The molecule has 2 saturated heterocycles. The minimum atomic E-state index is -0.418. The molecule has 194 valence electrons. The van der Waals surface area contributed by atoms with Gasteiger partial charge >= 0.3 is 0 Å². The molecular weight excluding hydrogens is 476 g/mol. The highest BCUT2D eigenvalue weighted by Crippen LogP contribution is 2.34. The molecule has 0 bridgehead atoms. The van der Waals surface area contributed by atoms with Crippen LogP contribution in [0.5, 0.6) is 11.6 Å². The number of para-hydroxylation sites is 1. The quantitative estimate of drug-likeness (QED) is 0.507. The van der Waals surface area contributed by atoms with Gasteiger partial charge in [0.15, 0.2) is 0 Å². The van der Waals surface area contributed by atoms with Crippen LogP contribution in [0.15, 0.2) is 79.1 Å². The van der Waals surface area contributed by atoms with Gasteiger partial charge in [-0.3, -0.25) is 14.5 Å². The SMILES string of the molecule is C=C1CCC(N2Cc3cc(C4CCN(Cc5ccnc(Oc6ccccc6)c5)CC4)ccc3C2=O)C(=O)N1. The Morgan fingerprint density at radius 2 is 1.82 bits per heavy atom. The molecule has 1 atom stereocenters. The van der Waals surface area contributed by atoms with Crippen LogP contribution in [0.1, 0.15) is 58.6 Å². The molecule has 2 aromatic carbocycles. The van der Waals surface area contributed by atoms with E-state index in [2.05, 4.69) is 40.0 Å². The van der Waals surface area contributed by atoms with E-state index < -0.39 is 6.04 Å². The molecule has 3 aliphatic heterocycles. The summed E-state index contributed by atoms with van der Waals surface area (Å²) in [5.41, 5.74) is 4.98.